The summed E-state index contributed by atoms with van der Waals surface area (Å²) in [6, 6.07) is 15.7. The van der Waals surface area contributed by atoms with Crippen LogP contribution < -0.4 is 4.74 Å². The summed E-state index contributed by atoms with van der Waals surface area (Å²) in [5.41, 5.74) is 0.277. The second kappa shape index (κ2) is 8.56. The summed E-state index contributed by atoms with van der Waals surface area (Å²) in [5, 5.41) is 10.6. The monoisotopic (exact) mass is 414 g/mol. The molecule has 0 spiro atoms. The Morgan fingerprint density at radius 3 is 2.07 bits per heavy atom. The minimum atomic E-state index is -4.40. The minimum absolute atomic E-state index is 0.136. The summed E-state index contributed by atoms with van der Waals surface area (Å²) in [6.07, 6.45) is -2.94. The van der Waals surface area contributed by atoms with Crippen molar-refractivity contribution in [2.24, 2.45) is 4.99 Å². The lowest BCUT2D eigenvalue weighted by molar-refractivity contribution is -0.384. The van der Waals surface area contributed by atoms with E-state index in [4.69, 9.17) is 4.74 Å². The van der Waals surface area contributed by atoms with Crippen molar-refractivity contribution in [3.8, 4) is 5.75 Å². The Labute approximate surface area is 168 Å². The Morgan fingerprint density at radius 2 is 1.53 bits per heavy atom. The molecule has 0 unspecified atom stereocenters. The van der Waals surface area contributed by atoms with Crippen LogP contribution in [-0.4, -0.2) is 17.1 Å². The Kier molecular flexibility index (Phi) is 5.91. The molecule has 0 amide bonds. The van der Waals surface area contributed by atoms with Crippen molar-refractivity contribution in [1.82, 2.24) is 0 Å². The minimum Gasteiger partial charge on any atom is -0.423 e. The normalized spacial score (nSPS) is 11.4. The Balaban J connectivity index is 1.62. The number of carbonyl (C=O) groups excluding carboxylic acids is 1. The topological polar surface area (TPSA) is 81.8 Å². The van der Waals surface area contributed by atoms with Crippen molar-refractivity contribution in [2.75, 3.05) is 0 Å². The van der Waals surface area contributed by atoms with E-state index in [1.165, 1.54) is 54.7 Å². The van der Waals surface area contributed by atoms with Gasteiger partial charge in [-0.05, 0) is 66.2 Å². The number of aliphatic imine (C=N–C) groups is 1. The summed E-state index contributed by atoms with van der Waals surface area (Å²) in [7, 11) is 0. The molecule has 0 bridgehead atoms. The van der Waals surface area contributed by atoms with Crippen LogP contribution in [0, 0.1) is 10.1 Å². The lowest BCUT2D eigenvalue weighted by atomic mass is 10.2. The van der Waals surface area contributed by atoms with Gasteiger partial charge in [-0.2, -0.15) is 13.2 Å². The molecule has 6 nitrogen and oxygen atoms in total. The number of nitro benzene ring substituents is 1. The van der Waals surface area contributed by atoms with Crippen LogP contribution in [0.4, 0.5) is 24.5 Å². The predicted octanol–water partition coefficient (Wildman–Crippen LogP) is 5.58. The molecule has 0 fully saturated rings. The van der Waals surface area contributed by atoms with E-state index in [1.54, 1.807) is 12.1 Å². The maximum Gasteiger partial charge on any atom is 0.416 e. The van der Waals surface area contributed by atoms with Crippen molar-refractivity contribution in [3.63, 3.8) is 0 Å². The van der Waals surface area contributed by atoms with Crippen LogP contribution in [0.15, 0.2) is 77.8 Å². The van der Waals surface area contributed by atoms with Crippen molar-refractivity contribution in [3.05, 3.63) is 99.6 Å². The molecular formula is C21H13F3N2O4. The number of nitrogens with zero attached hydrogens (tertiary/aromatic N) is 2. The maximum atomic E-state index is 12.6. The number of carbonyl (C=O) groups is 1. The predicted molar refractivity (Wildman–Crippen MR) is 103 cm³/mol. The molecule has 0 atom stereocenters. The molecule has 0 radical (unpaired) electrons. The Bertz CT molecular complexity index is 1080. The van der Waals surface area contributed by atoms with E-state index >= 15 is 0 Å². The Hall–Kier alpha value is -4.01. The summed E-state index contributed by atoms with van der Waals surface area (Å²) >= 11 is 0. The van der Waals surface area contributed by atoms with E-state index in [9.17, 15) is 28.1 Å². The lowest BCUT2D eigenvalue weighted by Crippen LogP contribution is -2.08. The van der Waals surface area contributed by atoms with Crippen molar-refractivity contribution in [1.29, 1.82) is 0 Å². The van der Waals surface area contributed by atoms with Crippen LogP contribution in [0.5, 0.6) is 5.75 Å². The zero-order valence-corrected chi connectivity index (χ0v) is 15.2. The average molecular weight is 414 g/mol. The second-order valence-electron chi connectivity index (χ2n) is 6.07. The number of esters is 1. The third-order valence-corrected chi connectivity index (χ3v) is 3.96. The SMILES string of the molecule is O=C(Oc1ccc(C=Nc2ccc(C(F)(F)F)cc2)cc1)c1ccc([N+](=O)[O-])cc1. The quantitative estimate of drug-likeness (QED) is 0.179. The molecule has 3 rings (SSSR count). The van der Waals surface area contributed by atoms with E-state index in [1.807, 2.05) is 0 Å². The van der Waals surface area contributed by atoms with Crippen molar-refractivity contribution in [2.45, 2.75) is 6.18 Å². The fourth-order valence-electron chi connectivity index (χ4n) is 2.39. The highest BCUT2D eigenvalue weighted by molar-refractivity contribution is 5.91. The van der Waals surface area contributed by atoms with Gasteiger partial charge < -0.3 is 4.74 Å². The molecule has 3 aromatic rings. The third kappa shape index (κ3) is 5.28. The first kappa shape index (κ1) is 20.7. The van der Waals surface area contributed by atoms with Gasteiger partial charge in [0.1, 0.15) is 5.75 Å². The molecule has 152 valence electrons. The Morgan fingerprint density at radius 1 is 0.933 bits per heavy atom. The molecule has 0 saturated carbocycles. The highest BCUT2D eigenvalue weighted by Crippen LogP contribution is 2.30. The van der Waals surface area contributed by atoms with Crippen LogP contribution in [-0.2, 0) is 6.18 Å². The van der Waals surface area contributed by atoms with Crippen LogP contribution in [0.25, 0.3) is 0 Å². The number of alkyl halides is 3. The fourth-order valence-corrected chi connectivity index (χ4v) is 2.39. The fraction of sp³-hybridized carbons (Fsp3) is 0.0476. The molecule has 0 aliphatic carbocycles. The van der Waals surface area contributed by atoms with Crippen LogP contribution >= 0.6 is 0 Å². The molecule has 9 heteroatoms. The van der Waals surface area contributed by atoms with E-state index < -0.39 is 22.6 Å². The van der Waals surface area contributed by atoms with Gasteiger partial charge in [0, 0.05) is 18.3 Å². The first-order chi connectivity index (χ1) is 14.2. The summed E-state index contributed by atoms with van der Waals surface area (Å²) in [4.78, 5) is 26.3. The van der Waals surface area contributed by atoms with E-state index in [0.29, 0.717) is 11.3 Å². The van der Waals surface area contributed by atoms with Crippen LogP contribution in [0.1, 0.15) is 21.5 Å². The number of nitro groups is 1. The lowest BCUT2D eigenvalue weighted by Gasteiger charge is -2.06. The standard InChI is InChI=1S/C21H13F3N2O4/c22-21(23,24)16-5-7-17(8-6-16)25-13-14-1-11-19(12-2-14)30-20(27)15-3-9-18(10-4-15)26(28)29/h1-13H. The molecule has 0 heterocycles. The van der Waals surface area contributed by atoms with Crippen LogP contribution in [0.3, 0.4) is 0 Å². The van der Waals surface area contributed by atoms with Gasteiger partial charge >= 0.3 is 12.1 Å². The van der Waals surface area contributed by atoms with Gasteiger partial charge in [-0.25, -0.2) is 4.79 Å². The van der Waals surface area contributed by atoms with Gasteiger partial charge in [0.2, 0.25) is 0 Å². The van der Waals surface area contributed by atoms with Gasteiger partial charge in [-0.3, -0.25) is 15.1 Å². The first-order valence-corrected chi connectivity index (χ1v) is 8.50. The van der Waals surface area contributed by atoms with Gasteiger partial charge in [0.25, 0.3) is 5.69 Å². The highest BCUT2D eigenvalue weighted by atomic mass is 19.4. The summed E-state index contributed by atoms with van der Waals surface area (Å²) in [5.74, 6) is -0.416. The third-order valence-electron chi connectivity index (χ3n) is 3.96. The molecule has 0 N–H and O–H groups in total. The van der Waals surface area contributed by atoms with Crippen LogP contribution in [0.2, 0.25) is 0 Å². The molecule has 0 aliphatic rings. The van der Waals surface area contributed by atoms with E-state index in [-0.39, 0.29) is 17.0 Å². The molecule has 0 saturated heterocycles. The zero-order valence-electron chi connectivity index (χ0n) is 15.2. The second-order valence-corrected chi connectivity index (χ2v) is 6.07. The smallest absolute Gasteiger partial charge is 0.416 e. The highest BCUT2D eigenvalue weighted by Gasteiger charge is 2.29. The van der Waals surface area contributed by atoms with E-state index in [0.717, 1.165) is 12.1 Å². The van der Waals surface area contributed by atoms with Crippen molar-refractivity contribution >= 4 is 23.6 Å². The first-order valence-electron chi connectivity index (χ1n) is 8.50. The largest absolute Gasteiger partial charge is 0.423 e. The number of benzene rings is 3. The number of hydrogen-bond donors (Lipinski definition) is 0. The van der Waals surface area contributed by atoms with Gasteiger partial charge in [-0.15, -0.1) is 0 Å². The van der Waals surface area contributed by atoms with E-state index in [2.05, 4.69) is 4.99 Å². The number of ether oxygens (including phenoxy) is 1. The number of non-ortho nitro benzene ring substituents is 1. The summed E-state index contributed by atoms with van der Waals surface area (Å²) in [6.45, 7) is 0. The number of hydrogen-bond acceptors (Lipinski definition) is 5. The molecule has 30 heavy (non-hydrogen) atoms. The zero-order chi connectivity index (χ0) is 21.7. The number of rotatable bonds is 5. The van der Waals surface area contributed by atoms with Gasteiger partial charge in [-0.1, -0.05) is 0 Å². The van der Waals surface area contributed by atoms with Crippen molar-refractivity contribution < 1.29 is 27.6 Å². The average Bonchev–Trinajstić information content (AvgIpc) is 2.73. The maximum absolute atomic E-state index is 12.6. The molecule has 3 aromatic carbocycles. The summed E-state index contributed by atoms with van der Waals surface area (Å²) < 4.78 is 42.9. The molecule has 0 aliphatic heterocycles. The number of halogens is 3. The van der Waals surface area contributed by atoms with Gasteiger partial charge in [0.15, 0.2) is 0 Å². The molecule has 0 aromatic heterocycles. The molecular weight excluding hydrogens is 401 g/mol. The van der Waals surface area contributed by atoms with Gasteiger partial charge in [0.05, 0.1) is 21.7 Å².